The highest BCUT2D eigenvalue weighted by Crippen LogP contribution is 2.23. The van der Waals surface area contributed by atoms with Crippen molar-refractivity contribution in [2.75, 3.05) is 11.9 Å². The van der Waals surface area contributed by atoms with Gasteiger partial charge in [0.25, 0.3) is 5.91 Å². The van der Waals surface area contributed by atoms with E-state index in [0.29, 0.717) is 5.02 Å². The van der Waals surface area contributed by atoms with Gasteiger partial charge >= 0.3 is 5.97 Å². The minimum absolute atomic E-state index is 0.0953. The molecule has 0 saturated carbocycles. The standard InChI is InChI=1S/C20H13Cl2NO5/c21-14-8-7-12(10-15(14)22)17(24)11-28-20(26)13-4-1-2-5-16(13)23-19(25)18-6-3-9-27-18/h1-10H,11H2,(H,23,25). The van der Waals surface area contributed by atoms with Crippen LogP contribution >= 0.6 is 23.2 Å². The van der Waals surface area contributed by atoms with Crippen molar-refractivity contribution in [2.45, 2.75) is 0 Å². The number of esters is 1. The summed E-state index contributed by atoms with van der Waals surface area (Å²) in [5, 5.41) is 3.12. The lowest BCUT2D eigenvalue weighted by molar-refractivity contribution is 0.0475. The number of furan rings is 1. The molecule has 0 aliphatic carbocycles. The van der Waals surface area contributed by atoms with Crippen molar-refractivity contribution >= 4 is 46.5 Å². The topological polar surface area (TPSA) is 85.6 Å². The minimum Gasteiger partial charge on any atom is -0.459 e. The van der Waals surface area contributed by atoms with Gasteiger partial charge in [0.2, 0.25) is 0 Å². The van der Waals surface area contributed by atoms with Gasteiger partial charge in [-0.3, -0.25) is 9.59 Å². The lowest BCUT2D eigenvalue weighted by Crippen LogP contribution is -2.18. The molecule has 0 aliphatic heterocycles. The predicted molar refractivity (Wildman–Crippen MR) is 104 cm³/mol. The molecular weight excluding hydrogens is 405 g/mol. The van der Waals surface area contributed by atoms with Gasteiger partial charge in [0.1, 0.15) is 0 Å². The zero-order chi connectivity index (χ0) is 20.1. The van der Waals surface area contributed by atoms with E-state index in [1.807, 2.05) is 0 Å². The summed E-state index contributed by atoms with van der Waals surface area (Å²) in [6.45, 7) is -0.489. The molecule has 0 unspecified atom stereocenters. The van der Waals surface area contributed by atoms with Crippen molar-refractivity contribution in [1.82, 2.24) is 0 Å². The van der Waals surface area contributed by atoms with Crippen LogP contribution in [0, 0.1) is 0 Å². The van der Waals surface area contributed by atoms with Crippen LogP contribution < -0.4 is 5.32 Å². The van der Waals surface area contributed by atoms with Crippen LogP contribution in [-0.4, -0.2) is 24.3 Å². The molecule has 0 fully saturated rings. The Morgan fingerprint density at radius 2 is 1.75 bits per heavy atom. The third-order valence-corrected chi connectivity index (χ3v) is 4.46. The van der Waals surface area contributed by atoms with Gasteiger partial charge in [0.05, 0.1) is 27.6 Å². The zero-order valence-electron chi connectivity index (χ0n) is 14.3. The second-order valence-corrected chi connectivity index (χ2v) is 6.42. The summed E-state index contributed by atoms with van der Waals surface area (Å²) in [5.74, 6) is -1.62. The fraction of sp³-hybridized carbons (Fsp3) is 0.0500. The van der Waals surface area contributed by atoms with Gasteiger partial charge in [-0.15, -0.1) is 0 Å². The number of Topliss-reactive ketones (excluding diaryl/α,β-unsaturated/α-hetero) is 1. The van der Waals surface area contributed by atoms with E-state index in [0.717, 1.165) is 0 Å². The molecule has 6 nitrogen and oxygen atoms in total. The largest absolute Gasteiger partial charge is 0.459 e. The van der Waals surface area contributed by atoms with Crippen LogP contribution in [0.1, 0.15) is 31.3 Å². The number of carbonyl (C=O) groups excluding carboxylic acids is 3. The molecule has 28 heavy (non-hydrogen) atoms. The molecule has 3 aromatic rings. The Bertz CT molecular complexity index is 1030. The maximum Gasteiger partial charge on any atom is 0.340 e. The monoisotopic (exact) mass is 417 g/mol. The molecule has 1 aromatic heterocycles. The first-order chi connectivity index (χ1) is 13.5. The Morgan fingerprint density at radius 3 is 2.46 bits per heavy atom. The van der Waals surface area contributed by atoms with E-state index < -0.39 is 24.3 Å². The first kappa shape index (κ1) is 19.7. The van der Waals surface area contributed by atoms with Crippen molar-refractivity contribution in [3.8, 4) is 0 Å². The smallest absolute Gasteiger partial charge is 0.340 e. The molecule has 0 atom stereocenters. The number of halogens is 2. The normalized spacial score (nSPS) is 10.4. The fourth-order valence-electron chi connectivity index (χ4n) is 2.32. The number of amides is 1. The van der Waals surface area contributed by atoms with Crippen molar-refractivity contribution in [2.24, 2.45) is 0 Å². The molecule has 8 heteroatoms. The molecule has 1 amide bonds. The number of ether oxygens (including phenoxy) is 1. The molecule has 1 N–H and O–H groups in total. The number of hydrogen-bond donors (Lipinski definition) is 1. The zero-order valence-corrected chi connectivity index (χ0v) is 15.8. The number of para-hydroxylation sites is 1. The highest BCUT2D eigenvalue weighted by Gasteiger charge is 2.18. The van der Waals surface area contributed by atoms with Crippen LogP contribution in [0.2, 0.25) is 10.0 Å². The first-order valence-corrected chi connectivity index (χ1v) is 8.80. The van der Waals surface area contributed by atoms with Gasteiger partial charge in [0, 0.05) is 5.56 Å². The summed E-state index contributed by atoms with van der Waals surface area (Å²) in [6.07, 6.45) is 1.36. The number of benzene rings is 2. The summed E-state index contributed by atoms with van der Waals surface area (Å²) in [6, 6.07) is 13.7. The SMILES string of the molecule is O=C(COC(=O)c1ccccc1NC(=O)c1ccco1)c1ccc(Cl)c(Cl)c1. The number of ketones is 1. The van der Waals surface area contributed by atoms with Gasteiger partial charge in [-0.2, -0.15) is 0 Å². The van der Waals surface area contributed by atoms with E-state index in [1.165, 1.54) is 42.7 Å². The number of hydrogen-bond acceptors (Lipinski definition) is 5. The molecule has 0 bridgehead atoms. The van der Waals surface area contributed by atoms with E-state index in [-0.39, 0.29) is 27.6 Å². The van der Waals surface area contributed by atoms with Crippen molar-refractivity contribution < 1.29 is 23.5 Å². The molecular formula is C20H13Cl2NO5. The Balaban J connectivity index is 1.68. The lowest BCUT2D eigenvalue weighted by atomic mass is 10.1. The van der Waals surface area contributed by atoms with Gasteiger partial charge in [-0.25, -0.2) is 4.79 Å². The number of rotatable bonds is 6. The lowest BCUT2D eigenvalue weighted by Gasteiger charge is -2.10. The van der Waals surface area contributed by atoms with Crippen LogP contribution in [0.25, 0.3) is 0 Å². The van der Waals surface area contributed by atoms with Gasteiger partial charge in [-0.05, 0) is 42.5 Å². The first-order valence-electron chi connectivity index (χ1n) is 8.05. The predicted octanol–water partition coefficient (Wildman–Crippen LogP) is 4.88. The van der Waals surface area contributed by atoms with Crippen LogP contribution in [0.4, 0.5) is 5.69 Å². The quantitative estimate of drug-likeness (QED) is 0.456. The van der Waals surface area contributed by atoms with Crippen LogP contribution in [0.3, 0.4) is 0 Å². The fourth-order valence-corrected chi connectivity index (χ4v) is 2.62. The van der Waals surface area contributed by atoms with Gasteiger partial charge < -0.3 is 14.5 Å². The minimum atomic E-state index is -0.760. The average Bonchev–Trinajstić information content (AvgIpc) is 3.23. The van der Waals surface area contributed by atoms with E-state index in [2.05, 4.69) is 5.32 Å². The van der Waals surface area contributed by atoms with E-state index >= 15 is 0 Å². The number of carbonyl (C=O) groups is 3. The second-order valence-electron chi connectivity index (χ2n) is 5.61. The summed E-state index contributed by atoms with van der Waals surface area (Å²) in [5.41, 5.74) is 0.599. The summed E-state index contributed by atoms with van der Waals surface area (Å²) >= 11 is 11.7. The molecule has 0 aliphatic rings. The highest BCUT2D eigenvalue weighted by molar-refractivity contribution is 6.42. The summed E-state index contributed by atoms with van der Waals surface area (Å²) in [7, 11) is 0. The summed E-state index contributed by atoms with van der Waals surface area (Å²) < 4.78 is 10.1. The molecule has 3 rings (SSSR count). The van der Waals surface area contributed by atoms with Crippen LogP contribution in [0.5, 0.6) is 0 Å². The van der Waals surface area contributed by atoms with E-state index in [9.17, 15) is 14.4 Å². The van der Waals surface area contributed by atoms with Gasteiger partial charge in [-0.1, -0.05) is 35.3 Å². The third kappa shape index (κ3) is 4.60. The third-order valence-electron chi connectivity index (χ3n) is 3.72. The van der Waals surface area contributed by atoms with Crippen LogP contribution in [-0.2, 0) is 4.74 Å². The highest BCUT2D eigenvalue weighted by atomic mass is 35.5. The molecule has 1 heterocycles. The Morgan fingerprint density at radius 1 is 0.964 bits per heavy atom. The maximum absolute atomic E-state index is 12.4. The number of anilines is 1. The summed E-state index contributed by atoms with van der Waals surface area (Å²) in [4.78, 5) is 36.7. The molecule has 142 valence electrons. The van der Waals surface area contributed by atoms with Crippen LogP contribution in [0.15, 0.2) is 65.3 Å². The maximum atomic E-state index is 12.4. The molecule has 0 radical (unpaired) electrons. The number of nitrogens with one attached hydrogen (secondary N) is 1. The average molecular weight is 418 g/mol. The van der Waals surface area contributed by atoms with Gasteiger partial charge in [0.15, 0.2) is 18.2 Å². The van der Waals surface area contributed by atoms with Crippen molar-refractivity contribution in [3.05, 3.63) is 87.8 Å². The second kappa shape index (κ2) is 8.73. The van der Waals surface area contributed by atoms with Crippen molar-refractivity contribution in [3.63, 3.8) is 0 Å². The Labute approximate surface area is 170 Å². The Kier molecular flexibility index (Phi) is 6.13. The molecule has 2 aromatic carbocycles. The molecule has 0 spiro atoms. The molecule has 0 saturated heterocycles. The van der Waals surface area contributed by atoms with Crippen molar-refractivity contribution in [1.29, 1.82) is 0 Å². The Hall–Kier alpha value is -3.09. The van der Waals surface area contributed by atoms with E-state index in [4.69, 9.17) is 32.4 Å². The van der Waals surface area contributed by atoms with E-state index in [1.54, 1.807) is 18.2 Å².